The first-order valence-corrected chi connectivity index (χ1v) is 10.1. The molecule has 0 radical (unpaired) electrons. The van der Waals surface area contributed by atoms with Crippen LogP contribution in [0, 0.1) is 24.0 Å². The van der Waals surface area contributed by atoms with Crippen LogP contribution in [0.25, 0.3) is 0 Å². The van der Waals surface area contributed by atoms with Crippen LogP contribution in [0.5, 0.6) is 0 Å². The smallest absolute Gasteiger partial charge is 0.312 e. The Morgan fingerprint density at radius 2 is 1.86 bits per heavy atom. The van der Waals surface area contributed by atoms with Gasteiger partial charge in [0, 0.05) is 39.1 Å². The second kappa shape index (κ2) is 9.11. The van der Waals surface area contributed by atoms with Gasteiger partial charge in [0.25, 0.3) is 0 Å². The van der Waals surface area contributed by atoms with Crippen molar-refractivity contribution in [2.24, 2.45) is 0 Å². The Kier molecular flexibility index (Phi) is 6.77. The molecule has 1 saturated heterocycles. The van der Waals surface area contributed by atoms with Crippen molar-refractivity contribution in [3.8, 4) is 0 Å². The molecule has 3 rings (SSSR count). The molecule has 1 aromatic carbocycles. The van der Waals surface area contributed by atoms with E-state index in [0.717, 1.165) is 25.2 Å². The van der Waals surface area contributed by atoms with Crippen LogP contribution in [0.1, 0.15) is 23.4 Å². The molecule has 0 unspecified atom stereocenters. The lowest BCUT2D eigenvalue weighted by Crippen LogP contribution is -2.48. The number of piperazine rings is 1. The van der Waals surface area contributed by atoms with E-state index in [9.17, 15) is 14.9 Å². The molecule has 1 aliphatic heterocycles. The first-order valence-electron chi connectivity index (χ1n) is 9.38. The number of hydrogen-bond donors (Lipinski definition) is 0. The Balaban J connectivity index is 1.49. The number of carbonyl (C=O) groups excluding carboxylic acids is 1. The first kappa shape index (κ1) is 21.5. The Bertz CT molecular complexity index is 923. The molecule has 156 valence electrons. The van der Waals surface area contributed by atoms with E-state index in [4.69, 9.17) is 23.2 Å². The maximum atomic E-state index is 12.6. The van der Waals surface area contributed by atoms with Crippen LogP contribution in [-0.4, -0.2) is 56.6 Å². The van der Waals surface area contributed by atoms with E-state index >= 15 is 0 Å². The van der Waals surface area contributed by atoms with Crippen molar-refractivity contribution in [2.45, 2.75) is 33.4 Å². The van der Waals surface area contributed by atoms with Crippen molar-refractivity contribution in [3.05, 3.63) is 55.3 Å². The Morgan fingerprint density at radius 3 is 2.45 bits per heavy atom. The fourth-order valence-corrected chi connectivity index (χ4v) is 3.90. The van der Waals surface area contributed by atoms with Crippen LogP contribution in [-0.2, 0) is 17.9 Å². The fraction of sp³-hybridized carbons (Fsp3) is 0.474. The number of nitrogens with zero attached hydrogens (tertiary/aromatic N) is 5. The first-order chi connectivity index (χ1) is 13.8. The third kappa shape index (κ3) is 5.07. The monoisotopic (exact) mass is 439 g/mol. The van der Waals surface area contributed by atoms with Crippen LogP contribution >= 0.6 is 23.2 Å². The number of rotatable bonds is 6. The molecule has 0 spiro atoms. The molecule has 1 amide bonds. The zero-order valence-corrected chi connectivity index (χ0v) is 17.9. The van der Waals surface area contributed by atoms with Crippen molar-refractivity contribution < 1.29 is 9.72 Å². The van der Waals surface area contributed by atoms with Gasteiger partial charge < -0.3 is 4.90 Å². The highest BCUT2D eigenvalue weighted by molar-refractivity contribution is 6.42. The molecular formula is C19H23Cl2N5O3. The normalized spacial score (nSPS) is 15.0. The zero-order chi connectivity index (χ0) is 21.1. The molecule has 0 atom stereocenters. The molecule has 0 bridgehead atoms. The summed E-state index contributed by atoms with van der Waals surface area (Å²) in [5.74, 6) is 0.0365. The summed E-state index contributed by atoms with van der Waals surface area (Å²) in [6.45, 7) is 7.21. The summed E-state index contributed by atoms with van der Waals surface area (Å²) in [7, 11) is 0. The predicted octanol–water partition coefficient (Wildman–Crippen LogP) is 3.45. The summed E-state index contributed by atoms with van der Waals surface area (Å²) < 4.78 is 1.55. The van der Waals surface area contributed by atoms with Gasteiger partial charge in [0.15, 0.2) is 0 Å². The molecule has 1 fully saturated rings. The maximum absolute atomic E-state index is 12.6. The second-order valence-corrected chi connectivity index (χ2v) is 7.97. The third-order valence-electron chi connectivity index (χ3n) is 5.18. The van der Waals surface area contributed by atoms with E-state index in [1.165, 1.54) is 0 Å². The predicted molar refractivity (Wildman–Crippen MR) is 111 cm³/mol. The highest BCUT2D eigenvalue weighted by Gasteiger charge is 2.24. The average Bonchev–Trinajstić information content (AvgIpc) is 2.97. The van der Waals surface area contributed by atoms with Crippen LogP contribution < -0.4 is 0 Å². The quantitative estimate of drug-likeness (QED) is 0.508. The van der Waals surface area contributed by atoms with Crippen molar-refractivity contribution in [2.75, 3.05) is 26.2 Å². The summed E-state index contributed by atoms with van der Waals surface area (Å²) >= 11 is 12.0. The molecular weight excluding hydrogens is 417 g/mol. The van der Waals surface area contributed by atoms with Gasteiger partial charge in [-0.1, -0.05) is 29.3 Å². The lowest BCUT2D eigenvalue weighted by molar-refractivity contribution is -0.386. The van der Waals surface area contributed by atoms with E-state index in [1.807, 2.05) is 17.0 Å². The molecule has 0 saturated carbocycles. The minimum Gasteiger partial charge on any atom is -0.340 e. The molecule has 1 aliphatic rings. The van der Waals surface area contributed by atoms with E-state index in [1.54, 1.807) is 24.6 Å². The van der Waals surface area contributed by atoms with Gasteiger partial charge in [-0.25, -0.2) is 0 Å². The number of nitro groups is 1. The number of carbonyl (C=O) groups is 1. The number of aromatic nitrogens is 2. The van der Waals surface area contributed by atoms with Gasteiger partial charge in [-0.2, -0.15) is 5.10 Å². The molecule has 8 nitrogen and oxygen atoms in total. The van der Waals surface area contributed by atoms with Gasteiger partial charge >= 0.3 is 5.69 Å². The third-order valence-corrected chi connectivity index (χ3v) is 5.92. The van der Waals surface area contributed by atoms with E-state index in [2.05, 4.69) is 10.00 Å². The van der Waals surface area contributed by atoms with Crippen molar-refractivity contribution in [3.63, 3.8) is 0 Å². The van der Waals surface area contributed by atoms with Crippen LogP contribution in [0.3, 0.4) is 0 Å². The highest BCUT2D eigenvalue weighted by atomic mass is 35.5. The zero-order valence-electron chi connectivity index (χ0n) is 16.4. The van der Waals surface area contributed by atoms with E-state index < -0.39 is 4.92 Å². The summed E-state index contributed by atoms with van der Waals surface area (Å²) in [6, 6.07) is 5.62. The van der Waals surface area contributed by atoms with Crippen LogP contribution in [0.2, 0.25) is 10.0 Å². The average molecular weight is 440 g/mol. The number of amides is 1. The number of benzene rings is 1. The Hall–Kier alpha value is -2.16. The summed E-state index contributed by atoms with van der Waals surface area (Å²) in [6.07, 6.45) is 0.270. The Labute approximate surface area is 179 Å². The molecule has 0 N–H and O–H groups in total. The maximum Gasteiger partial charge on any atom is 0.312 e. The fourth-order valence-electron chi connectivity index (χ4n) is 3.58. The molecule has 2 aromatic rings. The lowest BCUT2D eigenvalue weighted by Gasteiger charge is -2.35. The van der Waals surface area contributed by atoms with Crippen molar-refractivity contribution >= 4 is 34.8 Å². The minimum atomic E-state index is -0.428. The second-order valence-electron chi connectivity index (χ2n) is 7.16. The summed E-state index contributed by atoms with van der Waals surface area (Å²) in [4.78, 5) is 27.3. The largest absolute Gasteiger partial charge is 0.340 e. The van der Waals surface area contributed by atoms with Crippen molar-refractivity contribution in [1.82, 2.24) is 19.6 Å². The van der Waals surface area contributed by atoms with Crippen LogP contribution in [0.15, 0.2) is 18.2 Å². The lowest BCUT2D eigenvalue weighted by atomic mass is 10.2. The van der Waals surface area contributed by atoms with Crippen LogP contribution in [0.4, 0.5) is 5.69 Å². The van der Waals surface area contributed by atoms with Crippen molar-refractivity contribution in [1.29, 1.82) is 0 Å². The summed E-state index contributed by atoms with van der Waals surface area (Å²) in [5, 5.41) is 16.4. The number of aryl methyl sites for hydroxylation is 2. The number of halogens is 2. The molecule has 0 aliphatic carbocycles. The molecule has 2 heterocycles. The molecule has 10 heteroatoms. The van der Waals surface area contributed by atoms with E-state index in [0.29, 0.717) is 41.1 Å². The van der Waals surface area contributed by atoms with Gasteiger partial charge in [-0.15, -0.1) is 0 Å². The topological polar surface area (TPSA) is 84.5 Å². The highest BCUT2D eigenvalue weighted by Crippen LogP contribution is 2.24. The van der Waals surface area contributed by atoms with Gasteiger partial charge in [0.05, 0.1) is 21.5 Å². The minimum absolute atomic E-state index is 0.0216. The van der Waals surface area contributed by atoms with E-state index in [-0.39, 0.29) is 18.0 Å². The SMILES string of the molecule is Cc1nn(CCC(=O)N2CCN(Cc3ccc(Cl)c(Cl)c3)CC2)c(C)c1[N+](=O)[O-]. The van der Waals surface area contributed by atoms with Gasteiger partial charge in [0.1, 0.15) is 11.4 Å². The van der Waals surface area contributed by atoms with Gasteiger partial charge in [0.2, 0.25) is 5.91 Å². The van der Waals surface area contributed by atoms with Gasteiger partial charge in [-0.05, 0) is 31.5 Å². The summed E-state index contributed by atoms with van der Waals surface area (Å²) in [5.41, 5.74) is 1.96. The molecule has 29 heavy (non-hydrogen) atoms. The Morgan fingerprint density at radius 1 is 1.17 bits per heavy atom. The standard InChI is InChI=1S/C19H23Cl2N5O3/c1-13-19(26(28)29)14(2)25(22-13)6-5-18(27)24-9-7-23(8-10-24)12-15-3-4-16(20)17(21)11-15/h3-4,11H,5-10,12H2,1-2H3. The molecule has 1 aromatic heterocycles. The number of hydrogen-bond acceptors (Lipinski definition) is 5. The van der Waals surface area contributed by atoms with Gasteiger partial charge in [-0.3, -0.25) is 24.5 Å².